The zero-order chi connectivity index (χ0) is 24.6. The van der Waals surface area contributed by atoms with E-state index in [1.54, 1.807) is 0 Å². The molecule has 3 unspecified atom stereocenters. The smallest absolute Gasteiger partial charge is 0.309 e. The van der Waals surface area contributed by atoms with Gasteiger partial charge in [-0.1, -0.05) is 0 Å². The van der Waals surface area contributed by atoms with Crippen LogP contribution in [0, 0.1) is 24.0 Å². The number of terminal acetylenes is 1. The zero-order valence-corrected chi connectivity index (χ0v) is 18.6. The van der Waals surface area contributed by atoms with Crippen LogP contribution in [-0.4, -0.2) is 53.5 Å². The third-order valence-electron chi connectivity index (χ3n) is 4.68. The molecule has 180 valence electrons. The van der Waals surface area contributed by atoms with Crippen LogP contribution in [0.3, 0.4) is 0 Å². The Morgan fingerprint density at radius 2 is 1.94 bits per heavy atom. The number of nitrogens with zero attached hydrogens (tertiary/aromatic N) is 1. The van der Waals surface area contributed by atoms with Crippen LogP contribution in [0.1, 0.15) is 42.2 Å². The maximum Gasteiger partial charge on any atom is 0.309 e. The van der Waals surface area contributed by atoms with Crippen LogP contribution in [0.2, 0.25) is 0 Å². The van der Waals surface area contributed by atoms with Crippen molar-refractivity contribution in [3.8, 4) is 12.3 Å². The minimum Gasteiger partial charge on any atom is -0.431 e. The van der Waals surface area contributed by atoms with E-state index in [2.05, 4.69) is 16.2 Å². The Hall–Kier alpha value is -3.01. The second kappa shape index (κ2) is 11.7. The molecule has 4 N–H and O–H groups in total. The summed E-state index contributed by atoms with van der Waals surface area (Å²) < 4.78 is 57.4. The lowest BCUT2D eigenvalue weighted by molar-refractivity contribution is -0.00792. The summed E-state index contributed by atoms with van der Waals surface area (Å²) in [5.41, 5.74) is -0.183. The first-order chi connectivity index (χ1) is 15.5. The van der Waals surface area contributed by atoms with Crippen molar-refractivity contribution in [1.82, 2.24) is 10.3 Å². The summed E-state index contributed by atoms with van der Waals surface area (Å²) in [7, 11) is -3.69. The molecule has 0 radical (unpaired) electrons. The number of hydrogen-bond acceptors (Lipinski definition) is 7. The lowest BCUT2D eigenvalue weighted by Crippen LogP contribution is -2.50. The van der Waals surface area contributed by atoms with E-state index < -0.39 is 51.8 Å². The molecule has 0 aliphatic rings. The molecule has 1 amide bonds. The number of sulfonamides is 1. The molecule has 0 aliphatic carbocycles. The Bertz CT molecular complexity index is 1080. The zero-order valence-electron chi connectivity index (χ0n) is 17.8. The Morgan fingerprint density at radius 3 is 2.55 bits per heavy atom. The number of amides is 1. The number of aromatic nitrogens is 1. The van der Waals surface area contributed by atoms with Gasteiger partial charge in [-0.05, 0) is 43.9 Å². The Labute approximate surface area is 190 Å². The highest BCUT2D eigenvalue weighted by atomic mass is 32.2. The van der Waals surface area contributed by atoms with Gasteiger partial charge < -0.3 is 19.9 Å². The number of nitrogens with one attached hydrogen (secondary N) is 2. The summed E-state index contributed by atoms with van der Waals surface area (Å²) in [5.74, 6) is -0.388. The van der Waals surface area contributed by atoms with Crippen LogP contribution in [0.4, 0.5) is 14.8 Å². The van der Waals surface area contributed by atoms with Gasteiger partial charge in [0.1, 0.15) is 24.0 Å². The highest BCUT2D eigenvalue weighted by Crippen LogP contribution is 2.17. The number of aliphatic hydroxyl groups is 2. The van der Waals surface area contributed by atoms with E-state index in [9.17, 15) is 32.2 Å². The average molecular weight is 486 g/mol. The van der Waals surface area contributed by atoms with E-state index in [4.69, 9.17) is 10.8 Å². The fourth-order valence-electron chi connectivity index (χ4n) is 2.96. The fourth-order valence-corrected chi connectivity index (χ4v) is 3.47. The topological polar surface area (TPSA) is 142 Å². The third-order valence-corrected chi connectivity index (χ3v) is 5.93. The maximum atomic E-state index is 13.6. The highest BCUT2D eigenvalue weighted by molar-refractivity contribution is 7.92. The summed E-state index contributed by atoms with van der Waals surface area (Å²) >= 11 is 0. The number of rotatable bonds is 12. The normalized spacial score (nSPS) is 14.2. The third kappa shape index (κ3) is 8.12. The Balaban J connectivity index is 2.21. The lowest BCUT2D eigenvalue weighted by Gasteiger charge is -2.27. The quantitative estimate of drug-likeness (QED) is 0.264. The fraction of sp³-hybridized carbons (Fsp3) is 0.429. The van der Waals surface area contributed by atoms with Crippen molar-refractivity contribution in [2.24, 2.45) is 0 Å². The van der Waals surface area contributed by atoms with Crippen LogP contribution in [-0.2, 0) is 16.4 Å². The summed E-state index contributed by atoms with van der Waals surface area (Å²) in [6.07, 6.45) is 3.97. The molecule has 1 aromatic carbocycles. The molecule has 0 bridgehead atoms. The number of halogens is 2. The number of carbonyl (C=O) groups excluding carboxylic acids is 1. The number of unbranched alkanes of at least 4 members (excludes halogenated alkanes) is 1. The molecular formula is C21H25F2N3O6S. The molecule has 0 saturated heterocycles. The molecule has 0 spiro atoms. The van der Waals surface area contributed by atoms with Crippen molar-refractivity contribution in [1.29, 1.82) is 0 Å². The molecule has 2 rings (SSSR count). The van der Waals surface area contributed by atoms with E-state index in [0.717, 1.165) is 18.4 Å². The van der Waals surface area contributed by atoms with E-state index in [1.807, 2.05) is 4.72 Å². The summed E-state index contributed by atoms with van der Waals surface area (Å²) in [6.45, 7) is 1.40. The van der Waals surface area contributed by atoms with Gasteiger partial charge in [-0.3, -0.25) is 4.79 Å². The molecule has 12 heteroatoms. The predicted octanol–water partition coefficient (Wildman–Crippen LogP) is 1.58. The van der Waals surface area contributed by atoms with Gasteiger partial charge in [0, 0.05) is 12.5 Å². The van der Waals surface area contributed by atoms with Crippen LogP contribution in [0.5, 0.6) is 0 Å². The van der Waals surface area contributed by atoms with Gasteiger partial charge in [0.25, 0.3) is 5.91 Å². The van der Waals surface area contributed by atoms with Crippen LogP contribution >= 0.6 is 0 Å². The van der Waals surface area contributed by atoms with Gasteiger partial charge in [0.05, 0.1) is 17.9 Å². The highest BCUT2D eigenvalue weighted by Gasteiger charge is 2.29. The second-order valence-electron chi connectivity index (χ2n) is 7.26. The van der Waals surface area contributed by atoms with Crippen LogP contribution in [0.25, 0.3) is 0 Å². The SMILES string of the molecule is C#CCCCC(O)C(O)C(Cc1cc(F)cc(F)c1)NC(=O)c1coc(NS(=O)(=O)CC)n1. The van der Waals surface area contributed by atoms with Crippen molar-refractivity contribution in [2.75, 3.05) is 10.5 Å². The number of hydrogen-bond donors (Lipinski definition) is 4. The molecule has 33 heavy (non-hydrogen) atoms. The van der Waals surface area contributed by atoms with E-state index in [-0.39, 0.29) is 29.9 Å². The first-order valence-corrected chi connectivity index (χ1v) is 11.7. The van der Waals surface area contributed by atoms with Crippen molar-refractivity contribution in [3.05, 3.63) is 47.4 Å². The summed E-state index contributed by atoms with van der Waals surface area (Å²) in [5, 5.41) is 23.4. The molecule has 2 aromatic rings. The number of anilines is 1. The molecule has 0 saturated carbocycles. The standard InChI is InChI=1S/C21H25F2N3O6S/c1-3-5-6-7-18(27)19(28)16(10-13-8-14(22)11-15(23)9-13)24-20(29)17-12-32-21(25-17)26-33(30,31)4-2/h1,8-9,11-12,16,18-19,27-28H,4-7,10H2,2H3,(H,24,29)(H,25,26). The van der Waals surface area contributed by atoms with Gasteiger partial charge >= 0.3 is 6.01 Å². The van der Waals surface area contributed by atoms with E-state index in [1.165, 1.54) is 6.92 Å². The van der Waals surface area contributed by atoms with Crippen molar-refractivity contribution in [2.45, 2.75) is 50.9 Å². The van der Waals surface area contributed by atoms with Crippen molar-refractivity contribution < 1.29 is 36.6 Å². The Kier molecular flexibility index (Phi) is 9.33. The van der Waals surface area contributed by atoms with Crippen molar-refractivity contribution in [3.63, 3.8) is 0 Å². The summed E-state index contributed by atoms with van der Waals surface area (Å²) in [4.78, 5) is 16.4. The Morgan fingerprint density at radius 1 is 1.27 bits per heavy atom. The number of oxazole rings is 1. The number of carbonyl (C=O) groups is 1. The van der Waals surface area contributed by atoms with Gasteiger partial charge in [0.15, 0.2) is 5.69 Å². The van der Waals surface area contributed by atoms with Crippen LogP contribution < -0.4 is 10.0 Å². The van der Waals surface area contributed by atoms with Crippen molar-refractivity contribution >= 4 is 21.9 Å². The van der Waals surface area contributed by atoms with Gasteiger partial charge in [-0.2, -0.15) is 4.98 Å². The largest absolute Gasteiger partial charge is 0.431 e. The van der Waals surface area contributed by atoms with Gasteiger partial charge in [-0.15, -0.1) is 12.3 Å². The number of aliphatic hydroxyl groups excluding tert-OH is 2. The molecule has 0 aliphatic heterocycles. The molecular weight excluding hydrogens is 460 g/mol. The second-order valence-corrected chi connectivity index (χ2v) is 9.27. The molecule has 1 aromatic heterocycles. The lowest BCUT2D eigenvalue weighted by atomic mass is 9.95. The first-order valence-electron chi connectivity index (χ1n) is 10.1. The minimum absolute atomic E-state index is 0.127. The van der Waals surface area contributed by atoms with Crippen LogP contribution in [0.15, 0.2) is 28.9 Å². The molecule has 0 fully saturated rings. The number of benzene rings is 1. The molecule has 3 atom stereocenters. The summed E-state index contributed by atoms with van der Waals surface area (Å²) in [6, 6.07) is 1.14. The average Bonchev–Trinajstić information content (AvgIpc) is 3.20. The minimum atomic E-state index is -3.69. The monoisotopic (exact) mass is 485 g/mol. The maximum absolute atomic E-state index is 13.6. The van der Waals surface area contributed by atoms with Gasteiger partial charge in [-0.25, -0.2) is 21.9 Å². The molecule has 1 heterocycles. The molecule has 9 nitrogen and oxygen atoms in total. The van der Waals surface area contributed by atoms with Gasteiger partial charge in [0.2, 0.25) is 10.0 Å². The first kappa shape index (κ1) is 26.2. The van der Waals surface area contributed by atoms with E-state index >= 15 is 0 Å². The van der Waals surface area contributed by atoms with E-state index in [0.29, 0.717) is 18.9 Å². The predicted molar refractivity (Wildman–Crippen MR) is 116 cm³/mol.